The summed E-state index contributed by atoms with van der Waals surface area (Å²) in [5.74, 6) is -3.86. The first-order valence-corrected chi connectivity index (χ1v) is 28.7. The number of nitrogens with one attached hydrogen (secondary N) is 2. The summed E-state index contributed by atoms with van der Waals surface area (Å²) in [6.07, 6.45) is 0. The number of amides is 1. The molecule has 0 spiro atoms. The van der Waals surface area contributed by atoms with Crippen LogP contribution in [0.3, 0.4) is 0 Å². The monoisotopic (exact) mass is 1100 g/mol. The topological polar surface area (TPSA) is 449 Å². The number of anilines is 2. The third-order valence-electron chi connectivity index (χ3n) is 8.64. The molecular formula is C34H32N6O22S7. The van der Waals surface area contributed by atoms with Crippen molar-refractivity contribution in [3.63, 3.8) is 0 Å². The van der Waals surface area contributed by atoms with E-state index >= 15 is 0 Å². The minimum atomic E-state index is -5.35. The van der Waals surface area contributed by atoms with Gasteiger partial charge in [0.25, 0.3) is 36.3 Å². The minimum Gasteiger partial charge on any atom is -0.368 e. The summed E-state index contributed by atoms with van der Waals surface area (Å²) >= 11 is 0. The second-order valence-corrected chi connectivity index (χ2v) is 24.2. The second kappa shape index (κ2) is 20.7. The van der Waals surface area contributed by atoms with Gasteiger partial charge in [0.1, 0.15) is 32.7 Å². The van der Waals surface area contributed by atoms with E-state index in [-0.39, 0.29) is 38.3 Å². The van der Waals surface area contributed by atoms with Crippen LogP contribution < -0.4 is 10.6 Å². The highest BCUT2D eigenvalue weighted by atomic mass is 32.3. The number of nitrogens with zero attached hydrogens (tertiary/aromatic N) is 4. The molecule has 5 aromatic carbocycles. The Hall–Kier alpha value is -5.80. The number of fused-ring (bicyclic) bond motifs is 1. The van der Waals surface area contributed by atoms with E-state index < -0.39 is 139 Å². The molecule has 0 aliphatic heterocycles. The van der Waals surface area contributed by atoms with Crippen molar-refractivity contribution >= 4 is 122 Å². The molecule has 0 aliphatic carbocycles. The van der Waals surface area contributed by atoms with Gasteiger partial charge in [-0.25, -0.2) is 25.2 Å². The van der Waals surface area contributed by atoms with E-state index in [1.807, 2.05) is 0 Å². The maximum atomic E-state index is 13.0. The fraction of sp³-hybridized carbons (Fsp3) is 0.147. The van der Waals surface area contributed by atoms with E-state index in [0.717, 1.165) is 36.4 Å². The average molecular weight is 1100 g/mol. The third-order valence-corrected chi connectivity index (χ3v) is 15.2. The summed E-state index contributed by atoms with van der Waals surface area (Å²) in [6.45, 7) is -1.98. The molecule has 35 heteroatoms. The Morgan fingerprint density at radius 2 is 1.10 bits per heavy atom. The van der Waals surface area contributed by atoms with Gasteiger partial charge < -0.3 is 10.6 Å². The Kier molecular flexibility index (Phi) is 16.2. The number of benzene rings is 5. The predicted molar refractivity (Wildman–Crippen MR) is 238 cm³/mol. The van der Waals surface area contributed by atoms with Crippen molar-refractivity contribution < 1.29 is 94.8 Å². The van der Waals surface area contributed by atoms with Crippen LogP contribution in [0.15, 0.2) is 131 Å². The van der Waals surface area contributed by atoms with E-state index in [0.29, 0.717) is 6.07 Å². The van der Waals surface area contributed by atoms with E-state index in [2.05, 4.69) is 39.5 Å². The molecule has 5 aromatic rings. The maximum absolute atomic E-state index is 13.0. The first-order chi connectivity index (χ1) is 31.7. The second-order valence-electron chi connectivity index (χ2n) is 13.6. The molecule has 0 aromatic heterocycles. The fourth-order valence-electron chi connectivity index (χ4n) is 5.61. The van der Waals surface area contributed by atoms with Crippen molar-refractivity contribution in [1.29, 1.82) is 0 Å². The summed E-state index contributed by atoms with van der Waals surface area (Å²) in [7, 11) is -34.0. The molecule has 0 heterocycles. The van der Waals surface area contributed by atoms with Crippen molar-refractivity contribution in [3.05, 3.63) is 96.6 Å². The SMILES string of the molecule is O=C(Nc1cccc(S(=O)(=O)CCOS(=O)(=O)O)c1)c1ccc(/N=N/c2cc3ccc(NCS(=O)(=O)O)c(/N=N/c4ccc(S(=O)(=O)CCOS(=O)(=O)O)cc4S(=O)(=O)O)c3cc2S(=O)(=O)O)cc1. The molecular weight excluding hydrogens is 1070 g/mol. The number of carbonyl (C=O) groups is 1. The number of carbonyl (C=O) groups excluding carboxylic acids is 1. The molecule has 372 valence electrons. The quantitative estimate of drug-likeness (QED) is 0.0405. The molecule has 7 N–H and O–H groups in total. The number of hydrogen-bond donors (Lipinski definition) is 7. The van der Waals surface area contributed by atoms with Crippen LogP contribution in [0.1, 0.15) is 10.4 Å². The molecule has 0 saturated carbocycles. The van der Waals surface area contributed by atoms with E-state index in [9.17, 15) is 77.4 Å². The van der Waals surface area contributed by atoms with Crippen molar-refractivity contribution in [2.45, 2.75) is 19.6 Å². The Balaban J connectivity index is 1.48. The predicted octanol–water partition coefficient (Wildman–Crippen LogP) is 3.86. The van der Waals surface area contributed by atoms with Crippen LogP contribution in [0.25, 0.3) is 10.8 Å². The molecule has 0 unspecified atom stereocenters. The van der Waals surface area contributed by atoms with Crippen LogP contribution in [0.2, 0.25) is 0 Å². The van der Waals surface area contributed by atoms with Crippen LogP contribution in [0, 0.1) is 0 Å². The third kappa shape index (κ3) is 15.6. The molecule has 0 saturated heterocycles. The average Bonchev–Trinajstić information content (AvgIpc) is 3.22. The van der Waals surface area contributed by atoms with Gasteiger partial charge in [-0.1, -0.05) is 12.1 Å². The lowest BCUT2D eigenvalue weighted by atomic mass is 10.1. The molecule has 0 fully saturated rings. The fourth-order valence-corrected chi connectivity index (χ4v) is 10.3. The van der Waals surface area contributed by atoms with Crippen molar-refractivity contribution in [1.82, 2.24) is 0 Å². The number of hydrogen-bond acceptors (Lipinski definition) is 22. The summed E-state index contributed by atoms with van der Waals surface area (Å²) in [6, 6.07) is 16.1. The Morgan fingerprint density at radius 1 is 0.551 bits per heavy atom. The summed E-state index contributed by atoms with van der Waals surface area (Å²) in [5, 5.41) is 20.0. The summed E-state index contributed by atoms with van der Waals surface area (Å²) in [4.78, 5) is 9.74. The molecule has 28 nitrogen and oxygen atoms in total. The molecule has 0 radical (unpaired) electrons. The Labute approximate surface area is 392 Å². The highest BCUT2D eigenvalue weighted by Crippen LogP contribution is 2.41. The van der Waals surface area contributed by atoms with E-state index in [1.165, 1.54) is 48.5 Å². The van der Waals surface area contributed by atoms with Crippen LogP contribution in [0.4, 0.5) is 34.1 Å². The van der Waals surface area contributed by atoms with Crippen LogP contribution in [0.5, 0.6) is 0 Å². The molecule has 69 heavy (non-hydrogen) atoms. The van der Waals surface area contributed by atoms with Gasteiger partial charge in [-0.05, 0) is 84.2 Å². The lowest BCUT2D eigenvalue weighted by Gasteiger charge is -2.13. The number of azo groups is 2. The highest BCUT2D eigenvalue weighted by molar-refractivity contribution is 7.92. The van der Waals surface area contributed by atoms with E-state index in [1.54, 1.807) is 0 Å². The van der Waals surface area contributed by atoms with Crippen molar-refractivity contribution in [2.24, 2.45) is 20.5 Å². The first kappa shape index (κ1) is 54.1. The van der Waals surface area contributed by atoms with Gasteiger partial charge >= 0.3 is 20.8 Å². The Morgan fingerprint density at radius 3 is 1.65 bits per heavy atom. The van der Waals surface area contributed by atoms with Crippen LogP contribution >= 0.6 is 0 Å². The maximum Gasteiger partial charge on any atom is 0.397 e. The summed E-state index contributed by atoms with van der Waals surface area (Å²) < 4.78 is 222. The molecule has 1 amide bonds. The van der Waals surface area contributed by atoms with Gasteiger partial charge in [-0.3, -0.25) is 27.6 Å². The molecule has 0 bridgehead atoms. The van der Waals surface area contributed by atoms with Gasteiger partial charge in [0.15, 0.2) is 19.7 Å². The first-order valence-electron chi connectivity index (χ1n) is 18.1. The molecule has 5 rings (SSSR count). The van der Waals surface area contributed by atoms with Crippen molar-refractivity contribution in [2.75, 3.05) is 41.2 Å². The van der Waals surface area contributed by atoms with Crippen LogP contribution in [-0.2, 0) is 79.2 Å². The molecule has 0 aliphatic rings. The number of rotatable bonds is 21. The zero-order valence-corrected chi connectivity index (χ0v) is 39.7. The van der Waals surface area contributed by atoms with Crippen LogP contribution in [-0.4, -0.2) is 118 Å². The van der Waals surface area contributed by atoms with E-state index in [4.69, 9.17) is 9.11 Å². The van der Waals surface area contributed by atoms with Gasteiger partial charge in [-0.15, -0.1) is 15.3 Å². The lowest BCUT2D eigenvalue weighted by molar-refractivity contribution is 0.102. The minimum absolute atomic E-state index is 0.00162. The Bertz CT molecular complexity index is 3720. The number of sulfone groups is 2. The summed E-state index contributed by atoms with van der Waals surface area (Å²) in [5.41, 5.74) is -2.09. The van der Waals surface area contributed by atoms with Gasteiger partial charge in [0.05, 0.1) is 45.9 Å². The largest absolute Gasteiger partial charge is 0.397 e. The standard InChI is InChI=1S/C34H32N6O22S7/c41-34(36-24-2-1-3-25(17-24)63(42,43)14-12-61-68(55,56)57)21-4-7-23(8-5-21)37-39-30-16-22-6-10-29(35-20-65(46,47)48)33(27(22)19-32(30)67(52,53)54)40-38-28-11-9-26(18-31(28)66(49,50)51)64(44,45)15-13-62-69(58,59)60/h1-11,16-19,35H,12-15,20H2,(H,36,41)(H,46,47,48)(H,49,50,51)(H,52,53,54)(H,55,56,57)(H,58,59,60)/b39-37+,40-38+. The highest BCUT2D eigenvalue weighted by Gasteiger charge is 2.25. The smallest absolute Gasteiger partial charge is 0.368 e. The molecule has 0 atom stereocenters. The normalized spacial score (nSPS) is 13.3. The van der Waals surface area contributed by atoms with Gasteiger partial charge in [-0.2, -0.15) is 47.2 Å². The van der Waals surface area contributed by atoms with Crippen molar-refractivity contribution in [3.8, 4) is 0 Å². The van der Waals surface area contributed by atoms with Gasteiger partial charge in [0.2, 0.25) is 0 Å². The zero-order chi connectivity index (χ0) is 51.4. The zero-order valence-electron chi connectivity index (χ0n) is 34.0. The lowest BCUT2D eigenvalue weighted by Crippen LogP contribution is -2.16. The van der Waals surface area contributed by atoms with Gasteiger partial charge in [0, 0.05) is 16.6 Å².